The van der Waals surface area contributed by atoms with Gasteiger partial charge in [-0.2, -0.15) is 0 Å². The second kappa shape index (κ2) is 28.9. The first kappa shape index (κ1) is 75.4. The lowest BCUT2D eigenvalue weighted by atomic mass is 9.69. The summed E-state index contributed by atoms with van der Waals surface area (Å²) in [7, 11) is 4.09. The Morgan fingerprint density at radius 3 is 0.703 bits per heavy atom. The van der Waals surface area contributed by atoms with Gasteiger partial charge in [-0.05, 0) is 201 Å². The third kappa shape index (κ3) is 16.5. The molecule has 6 aromatic rings. The van der Waals surface area contributed by atoms with Gasteiger partial charge < -0.3 is 59.5 Å². The van der Waals surface area contributed by atoms with E-state index in [0.29, 0.717) is 60.2 Å². The Morgan fingerprint density at radius 2 is 0.515 bits per heavy atom. The normalized spacial score (nSPS) is 19.9. The van der Waals surface area contributed by atoms with Crippen LogP contribution in [0.2, 0.25) is 0 Å². The number of benzene rings is 6. The predicted octanol–water partition coefficient (Wildman–Crippen LogP) is 10.9. The molecule has 2 spiro atoms. The molecule has 4 aliphatic heterocycles. The first-order valence-corrected chi connectivity index (χ1v) is 35.1. The Kier molecular flexibility index (Phi) is 21.6. The van der Waals surface area contributed by atoms with Crippen LogP contribution in [0.5, 0.6) is 34.5 Å². The maximum absolute atomic E-state index is 13.8. The van der Waals surface area contributed by atoms with Gasteiger partial charge in [0.1, 0.15) is 110 Å². The molecule has 6 amide bonds. The van der Waals surface area contributed by atoms with Crippen molar-refractivity contribution in [3.8, 4) is 34.5 Å². The third-order valence-corrected chi connectivity index (χ3v) is 22.0. The highest BCUT2D eigenvalue weighted by Gasteiger charge is 2.62. The van der Waals surface area contributed by atoms with Crippen LogP contribution in [-0.4, -0.2) is 188 Å². The van der Waals surface area contributed by atoms with Crippen molar-refractivity contribution in [3.63, 3.8) is 0 Å². The molecule has 6 aromatic carbocycles. The van der Waals surface area contributed by atoms with Crippen LogP contribution in [0.15, 0.2) is 146 Å². The molecular formula is C81H106N6O14. The first-order chi connectivity index (χ1) is 47.3. The lowest BCUT2D eigenvalue weighted by Gasteiger charge is -2.56. The average molecular weight is 1390 g/mol. The average Bonchev–Trinajstić information content (AvgIpc) is 1.64. The minimum absolute atomic E-state index is 0.0325. The summed E-state index contributed by atoms with van der Waals surface area (Å²) in [6.07, 6.45) is -2.07. The maximum atomic E-state index is 13.8. The highest BCUT2D eigenvalue weighted by molar-refractivity contribution is 6.08. The number of nitrogens with zero attached hydrogens (tertiary/aromatic N) is 4. The van der Waals surface area contributed by atoms with E-state index in [2.05, 4.69) is 117 Å². The van der Waals surface area contributed by atoms with E-state index in [1.54, 1.807) is 0 Å². The van der Waals surface area contributed by atoms with Gasteiger partial charge in [-0.1, -0.05) is 114 Å². The van der Waals surface area contributed by atoms with Crippen LogP contribution in [0.3, 0.4) is 0 Å². The molecule has 20 nitrogen and oxygen atoms in total. The number of amides is 6. The number of rotatable bonds is 28. The second-order valence-corrected chi connectivity index (χ2v) is 32.4. The minimum atomic E-state index is -1.09. The summed E-state index contributed by atoms with van der Waals surface area (Å²) in [4.78, 5) is 60.7. The minimum Gasteiger partial charge on any atom is -0.491 e. The van der Waals surface area contributed by atoms with Crippen LogP contribution in [0.1, 0.15) is 156 Å². The number of likely N-dealkylation sites (tertiary alicyclic amines) is 2. The summed E-state index contributed by atoms with van der Waals surface area (Å²) in [5, 5.41) is 49.6. The van der Waals surface area contributed by atoms with Crippen molar-refractivity contribution >= 4 is 23.9 Å². The number of aliphatic hydroxyl groups excluding tert-OH is 4. The fourth-order valence-corrected chi connectivity index (χ4v) is 15.4. The number of carbonyl (C=O) groups excluding carboxylic acids is 4. The number of urea groups is 2. The summed E-state index contributed by atoms with van der Waals surface area (Å²) < 4.78 is 35.8. The SMILES string of the molecule is CN1C(C)(C)CC2(CC1(C)C)NC(=O)N(CC(O)COc1ccc(C(C)(C)c3ccc(OCC(O)COc4ccc(C(C)(C)c5ccc(OCC(O)COc6ccc(C(C)(C)c7ccc(OCC(O)CN8C(=O)NC9(CC(C)(C)N(C)C(C)(C)C9)C8=O)cc7)cc6)cc5)cc4)cc3)cc1)C2=O. The topological polar surface area (TPSA) is 242 Å². The monoisotopic (exact) mass is 1390 g/mol. The molecule has 4 aliphatic rings. The van der Waals surface area contributed by atoms with Gasteiger partial charge in [0.15, 0.2) is 0 Å². The Morgan fingerprint density at radius 1 is 0.337 bits per heavy atom. The number of carbonyl (C=O) groups is 4. The van der Waals surface area contributed by atoms with E-state index in [4.69, 9.17) is 28.4 Å². The Balaban J connectivity index is 0.605. The smallest absolute Gasteiger partial charge is 0.325 e. The van der Waals surface area contributed by atoms with Crippen molar-refractivity contribution in [2.45, 2.75) is 197 Å². The van der Waals surface area contributed by atoms with Crippen LogP contribution in [0.25, 0.3) is 0 Å². The van der Waals surface area contributed by atoms with Crippen molar-refractivity contribution in [1.29, 1.82) is 0 Å². The number of piperidine rings is 2. The maximum Gasteiger partial charge on any atom is 0.325 e. The van der Waals surface area contributed by atoms with Crippen molar-refractivity contribution < 1.29 is 68.0 Å². The highest BCUT2D eigenvalue weighted by atomic mass is 16.5. The van der Waals surface area contributed by atoms with Gasteiger partial charge >= 0.3 is 12.1 Å². The molecule has 0 saturated carbocycles. The van der Waals surface area contributed by atoms with E-state index in [9.17, 15) is 39.6 Å². The van der Waals surface area contributed by atoms with E-state index in [-0.39, 0.29) is 103 Å². The fourth-order valence-electron chi connectivity index (χ4n) is 15.4. The van der Waals surface area contributed by atoms with Gasteiger partial charge in [-0.25, -0.2) is 9.59 Å². The van der Waals surface area contributed by atoms with Crippen LogP contribution >= 0.6 is 0 Å². The zero-order chi connectivity index (χ0) is 73.5. The molecule has 10 rings (SSSR count). The molecule has 6 N–H and O–H groups in total. The Bertz CT molecular complexity index is 3590. The Labute approximate surface area is 596 Å². The lowest BCUT2D eigenvalue weighted by Crippen LogP contribution is -2.68. The molecule has 0 radical (unpaired) electrons. The van der Waals surface area contributed by atoms with E-state index < -0.39 is 47.6 Å². The van der Waals surface area contributed by atoms with Gasteiger partial charge in [-0.3, -0.25) is 29.2 Å². The largest absolute Gasteiger partial charge is 0.491 e. The van der Waals surface area contributed by atoms with Gasteiger partial charge in [0.25, 0.3) is 11.8 Å². The van der Waals surface area contributed by atoms with Crippen LogP contribution < -0.4 is 39.1 Å². The number of ether oxygens (including phenoxy) is 6. The molecule has 4 saturated heterocycles. The molecule has 0 aliphatic carbocycles. The molecule has 4 unspecified atom stereocenters. The molecular weight excluding hydrogens is 1280 g/mol. The highest BCUT2D eigenvalue weighted by Crippen LogP contribution is 2.47. The van der Waals surface area contributed by atoms with E-state index >= 15 is 0 Å². The van der Waals surface area contributed by atoms with Gasteiger partial charge in [-0.15, -0.1) is 0 Å². The molecule has 20 heteroatoms. The number of imide groups is 2. The van der Waals surface area contributed by atoms with Crippen LogP contribution in [0.4, 0.5) is 9.59 Å². The number of hydrogen-bond acceptors (Lipinski definition) is 16. The molecule has 4 atom stereocenters. The van der Waals surface area contributed by atoms with Gasteiger partial charge in [0.2, 0.25) is 0 Å². The third-order valence-electron chi connectivity index (χ3n) is 22.0. The number of β-amino-alcohol motifs (C(OH)–C–C–N with tert-alkyl or cyclic N) is 2. The summed E-state index contributed by atoms with van der Waals surface area (Å²) in [6, 6.07) is 45.5. The Hall–Kier alpha value is -8.24. The van der Waals surface area contributed by atoms with E-state index in [0.717, 1.165) is 43.2 Å². The van der Waals surface area contributed by atoms with Crippen molar-refractivity contribution in [2.75, 3.05) is 66.8 Å². The van der Waals surface area contributed by atoms with Gasteiger partial charge in [0.05, 0.1) is 13.1 Å². The number of aliphatic hydroxyl groups is 4. The quantitative estimate of drug-likeness (QED) is 0.0250. The summed E-state index contributed by atoms with van der Waals surface area (Å²) in [6.45, 7) is 29.0. The summed E-state index contributed by atoms with van der Waals surface area (Å²) >= 11 is 0. The second-order valence-electron chi connectivity index (χ2n) is 32.4. The standard InChI is InChI=1S/C81H106N6O14/c1-73(2)49-80(50-74(3,4)84(73)15)69(92)86(71(94)82-80)41-59(88)43-96-63-29-17-53(18-30-63)77(9,10)55-21-33-65(34-22-55)98-45-61(90)47-100-67-37-25-57(26-38-67)79(13,14)58-27-39-68(40-28-58)101-48-62(91)46-99-66-35-23-56(24-36-66)78(11,12)54-19-31-64(32-20-54)97-44-60(89)42-87-70(93)81(83-72(87)95)51-75(5,6)85(16)76(7,8)52-81/h17-40,59-62,88-91H,41-52H2,1-16H3,(H,82,94)(H,83,95). The van der Waals surface area contributed by atoms with Crippen LogP contribution in [0, 0.1) is 0 Å². The molecule has 4 heterocycles. The molecule has 4 fully saturated rings. The zero-order valence-electron chi connectivity index (χ0n) is 61.8. The summed E-state index contributed by atoms with van der Waals surface area (Å²) in [5.74, 6) is 2.93. The number of nitrogens with one attached hydrogen (secondary N) is 2. The van der Waals surface area contributed by atoms with Crippen LogP contribution in [-0.2, 0) is 25.8 Å². The molecule has 101 heavy (non-hydrogen) atoms. The summed E-state index contributed by atoms with van der Waals surface area (Å²) in [5.41, 5.74) is 1.78. The molecule has 0 aromatic heterocycles. The zero-order valence-corrected chi connectivity index (χ0v) is 61.8. The van der Waals surface area contributed by atoms with E-state index in [1.165, 1.54) is 0 Å². The van der Waals surface area contributed by atoms with E-state index in [1.807, 2.05) is 160 Å². The fraction of sp³-hybridized carbons (Fsp3) is 0.506. The van der Waals surface area contributed by atoms with Gasteiger partial charge in [0, 0.05) is 38.4 Å². The molecule has 0 bridgehead atoms. The predicted molar refractivity (Wildman–Crippen MR) is 388 cm³/mol. The number of hydrogen-bond donors (Lipinski definition) is 6. The molecule has 544 valence electrons. The van der Waals surface area contributed by atoms with Crippen molar-refractivity contribution in [2.24, 2.45) is 0 Å². The van der Waals surface area contributed by atoms with Crippen molar-refractivity contribution in [1.82, 2.24) is 30.2 Å². The lowest BCUT2D eigenvalue weighted by molar-refractivity contribution is -0.140. The van der Waals surface area contributed by atoms with Crippen molar-refractivity contribution in [3.05, 3.63) is 179 Å². The first-order valence-electron chi connectivity index (χ1n) is 35.1.